The Kier molecular flexibility index (Phi) is 6.17. The number of nitrogens with zero attached hydrogens (tertiary/aromatic N) is 2. The third kappa shape index (κ3) is 4.59. The number of aromatic nitrogens is 2. The van der Waals surface area contributed by atoms with Crippen LogP contribution >= 0.6 is 0 Å². The van der Waals surface area contributed by atoms with Crippen molar-refractivity contribution in [2.75, 3.05) is 24.9 Å². The van der Waals surface area contributed by atoms with Crippen molar-refractivity contribution in [1.29, 1.82) is 0 Å². The number of hydrogen-bond acceptors (Lipinski definition) is 5. The molecule has 4 aromatic rings. The first-order valence-corrected chi connectivity index (χ1v) is 12.9. The Morgan fingerprint density at radius 1 is 1.09 bits per heavy atom. The second-order valence-corrected chi connectivity index (χ2v) is 10.2. The molecule has 0 aliphatic carbocycles. The molecule has 2 aromatic carbocycles. The minimum Gasteiger partial charge on any atom is -0.495 e. The number of H-pyrrole nitrogens is 1. The summed E-state index contributed by atoms with van der Waals surface area (Å²) in [5.41, 5.74) is 2.79. The second-order valence-electron chi connectivity index (χ2n) is 8.54. The van der Waals surface area contributed by atoms with Gasteiger partial charge in [0, 0.05) is 36.4 Å². The van der Waals surface area contributed by atoms with Crippen molar-refractivity contribution in [3.63, 3.8) is 0 Å². The van der Waals surface area contributed by atoms with E-state index in [1.54, 1.807) is 47.5 Å². The Morgan fingerprint density at radius 3 is 2.69 bits per heavy atom. The number of sulfonamides is 1. The summed E-state index contributed by atoms with van der Waals surface area (Å²) in [6.45, 7) is 1.21. The lowest BCUT2D eigenvalue weighted by molar-refractivity contribution is 0.0713. The van der Waals surface area contributed by atoms with Gasteiger partial charge in [-0.3, -0.25) is 9.52 Å². The molecule has 8 nitrogen and oxygen atoms in total. The highest BCUT2D eigenvalue weighted by molar-refractivity contribution is 7.92. The third-order valence-electron chi connectivity index (χ3n) is 6.45. The zero-order valence-electron chi connectivity index (χ0n) is 19.3. The Balaban J connectivity index is 1.29. The minimum absolute atomic E-state index is 0.0236. The monoisotopic (exact) mass is 490 g/mol. The van der Waals surface area contributed by atoms with Gasteiger partial charge < -0.3 is 14.6 Å². The number of hydrogen-bond donors (Lipinski definition) is 2. The molecule has 5 rings (SSSR count). The summed E-state index contributed by atoms with van der Waals surface area (Å²) < 4.78 is 33.8. The Morgan fingerprint density at radius 2 is 1.89 bits per heavy atom. The van der Waals surface area contributed by atoms with Crippen LogP contribution in [0.1, 0.15) is 34.7 Å². The molecule has 2 N–H and O–H groups in total. The molecule has 180 valence electrons. The van der Waals surface area contributed by atoms with Crippen LogP contribution in [-0.2, 0) is 10.0 Å². The predicted molar refractivity (Wildman–Crippen MR) is 134 cm³/mol. The average Bonchev–Trinajstić information content (AvgIpc) is 3.33. The Hall–Kier alpha value is -3.85. The van der Waals surface area contributed by atoms with E-state index in [1.165, 1.54) is 24.8 Å². The number of carbonyl (C=O) groups excluding carboxylic acids is 1. The quantitative estimate of drug-likeness (QED) is 0.417. The van der Waals surface area contributed by atoms with Crippen LogP contribution in [0.25, 0.3) is 11.0 Å². The van der Waals surface area contributed by atoms with Gasteiger partial charge in [-0.25, -0.2) is 13.4 Å². The SMILES string of the molecule is COc1ccccc1NS(=O)(=O)c1cccc(C(=O)N2CCC(c3c[nH]c4ncccc34)CC2)c1. The van der Waals surface area contributed by atoms with Gasteiger partial charge in [0.05, 0.1) is 17.7 Å². The van der Waals surface area contributed by atoms with Crippen LogP contribution in [0.5, 0.6) is 5.75 Å². The Bertz CT molecular complexity index is 1470. The van der Waals surface area contributed by atoms with Crippen molar-refractivity contribution < 1.29 is 17.9 Å². The number of fused-ring (bicyclic) bond motifs is 1. The molecule has 3 heterocycles. The van der Waals surface area contributed by atoms with Crippen molar-refractivity contribution in [3.05, 3.63) is 84.2 Å². The normalized spacial score (nSPS) is 14.7. The van der Waals surface area contributed by atoms with E-state index in [0.29, 0.717) is 36.0 Å². The molecule has 9 heteroatoms. The molecule has 1 fully saturated rings. The number of para-hydroxylation sites is 2. The number of ether oxygens (including phenoxy) is 1. The van der Waals surface area contributed by atoms with Gasteiger partial charge in [0.2, 0.25) is 0 Å². The van der Waals surface area contributed by atoms with E-state index in [9.17, 15) is 13.2 Å². The van der Waals surface area contributed by atoms with E-state index in [2.05, 4.69) is 20.8 Å². The van der Waals surface area contributed by atoms with Gasteiger partial charge in [0.15, 0.2) is 0 Å². The summed E-state index contributed by atoms with van der Waals surface area (Å²) in [6.07, 6.45) is 5.45. The zero-order valence-corrected chi connectivity index (χ0v) is 20.1. The lowest BCUT2D eigenvalue weighted by atomic mass is 9.89. The van der Waals surface area contributed by atoms with Gasteiger partial charge in [0.1, 0.15) is 11.4 Å². The van der Waals surface area contributed by atoms with Crippen LogP contribution in [0.15, 0.2) is 78.0 Å². The van der Waals surface area contributed by atoms with Crippen molar-refractivity contribution in [2.24, 2.45) is 0 Å². The number of benzene rings is 2. The molecule has 1 aliphatic rings. The number of rotatable bonds is 6. The summed E-state index contributed by atoms with van der Waals surface area (Å²) >= 11 is 0. The first kappa shape index (κ1) is 22.9. The van der Waals surface area contributed by atoms with Crippen LogP contribution in [0.2, 0.25) is 0 Å². The smallest absolute Gasteiger partial charge is 0.262 e. The molecule has 0 spiro atoms. The maximum Gasteiger partial charge on any atom is 0.262 e. The number of methoxy groups -OCH3 is 1. The number of carbonyl (C=O) groups is 1. The van der Waals surface area contributed by atoms with E-state index >= 15 is 0 Å². The molecule has 0 radical (unpaired) electrons. The fourth-order valence-corrected chi connectivity index (χ4v) is 5.74. The molecular formula is C26H26N4O4S. The number of likely N-dealkylation sites (tertiary alicyclic amines) is 1. The summed E-state index contributed by atoms with van der Waals surface area (Å²) in [6, 6.07) is 16.9. The van der Waals surface area contributed by atoms with E-state index in [-0.39, 0.29) is 10.8 Å². The van der Waals surface area contributed by atoms with Gasteiger partial charge in [-0.15, -0.1) is 0 Å². The predicted octanol–water partition coefficient (Wildman–Crippen LogP) is 4.39. The summed E-state index contributed by atoms with van der Waals surface area (Å²) in [5, 5.41) is 1.12. The molecule has 0 atom stereocenters. The number of amides is 1. The van der Waals surface area contributed by atoms with Crippen molar-refractivity contribution >= 4 is 32.7 Å². The van der Waals surface area contributed by atoms with Crippen LogP contribution < -0.4 is 9.46 Å². The number of piperidine rings is 1. The van der Waals surface area contributed by atoms with E-state index in [4.69, 9.17) is 4.74 Å². The van der Waals surface area contributed by atoms with Crippen molar-refractivity contribution in [3.8, 4) is 5.75 Å². The molecule has 1 amide bonds. The van der Waals surface area contributed by atoms with Gasteiger partial charge in [-0.1, -0.05) is 18.2 Å². The third-order valence-corrected chi connectivity index (χ3v) is 7.81. The number of nitrogens with one attached hydrogen (secondary N) is 2. The van der Waals surface area contributed by atoms with Crippen molar-refractivity contribution in [2.45, 2.75) is 23.7 Å². The maximum atomic E-state index is 13.2. The average molecular weight is 491 g/mol. The fourth-order valence-electron chi connectivity index (χ4n) is 4.62. The summed E-state index contributed by atoms with van der Waals surface area (Å²) in [7, 11) is -2.42. The molecule has 0 saturated carbocycles. The number of aromatic amines is 1. The highest BCUT2D eigenvalue weighted by atomic mass is 32.2. The van der Waals surface area contributed by atoms with Gasteiger partial charge in [0.25, 0.3) is 15.9 Å². The number of pyridine rings is 1. The molecule has 1 saturated heterocycles. The van der Waals surface area contributed by atoms with Gasteiger partial charge >= 0.3 is 0 Å². The van der Waals surface area contributed by atoms with Crippen LogP contribution in [0.3, 0.4) is 0 Å². The van der Waals surface area contributed by atoms with E-state index in [0.717, 1.165) is 23.9 Å². The van der Waals surface area contributed by atoms with Crippen LogP contribution in [0.4, 0.5) is 5.69 Å². The van der Waals surface area contributed by atoms with Gasteiger partial charge in [-0.2, -0.15) is 0 Å². The highest BCUT2D eigenvalue weighted by Crippen LogP contribution is 2.33. The lowest BCUT2D eigenvalue weighted by Gasteiger charge is -2.32. The molecule has 1 aliphatic heterocycles. The Labute approximate surface area is 204 Å². The zero-order chi connectivity index (χ0) is 24.4. The first-order chi connectivity index (χ1) is 17.0. The summed E-state index contributed by atoms with van der Waals surface area (Å²) in [5.74, 6) is 0.587. The lowest BCUT2D eigenvalue weighted by Crippen LogP contribution is -2.38. The fraction of sp³-hybridized carbons (Fsp3) is 0.231. The number of anilines is 1. The molecular weight excluding hydrogens is 464 g/mol. The largest absolute Gasteiger partial charge is 0.495 e. The topological polar surface area (TPSA) is 104 Å². The summed E-state index contributed by atoms with van der Waals surface area (Å²) in [4.78, 5) is 22.6. The van der Waals surface area contributed by atoms with E-state index in [1.807, 2.05) is 12.3 Å². The molecule has 35 heavy (non-hydrogen) atoms. The standard InChI is InChI=1S/C26H26N4O4S/c1-34-24-10-3-2-9-23(24)29-35(32,33)20-7-4-6-19(16-20)26(31)30-14-11-18(12-15-30)22-17-28-25-21(22)8-5-13-27-25/h2-10,13,16-18,29H,11-12,14-15H2,1H3,(H,27,28). The van der Waals surface area contributed by atoms with Crippen LogP contribution in [0, 0.1) is 0 Å². The minimum atomic E-state index is -3.90. The second kappa shape index (κ2) is 9.42. The van der Waals surface area contributed by atoms with E-state index < -0.39 is 10.0 Å². The van der Waals surface area contributed by atoms with Crippen LogP contribution in [-0.4, -0.2) is 49.4 Å². The molecule has 2 aromatic heterocycles. The first-order valence-electron chi connectivity index (χ1n) is 11.4. The highest BCUT2D eigenvalue weighted by Gasteiger charge is 2.27. The molecule has 0 unspecified atom stereocenters. The molecule has 0 bridgehead atoms. The van der Waals surface area contributed by atoms with Crippen molar-refractivity contribution in [1.82, 2.24) is 14.9 Å². The van der Waals surface area contributed by atoms with Gasteiger partial charge in [-0.05, 0) is 66.8 Å². The maximum absolute atomic E-state index is 13.2.